The Morgan fingerprint density at radius 1 is 1.75 bits per heavy atom. The Kier molecular flexibility index (Phi) is 3.09. The molecule has 12 heavy (non-hydrogen) atoms. The molecule has 1 aliphatic heterocycles. The molecule has 0 aromatic heterocycles. The van der Waals surface area contributed by atoms with E-state index >= 15 is 0 Å². The van der Waals surface area contributed by atoms with Crippen molar-refractivity contribution in [2.75, 3.05) is 20.6 Å². The van der Waals surface area contributed by atoms with E-state index in [9.17, 15) is 4.79 Å². The highest BCUT2D eigenvalue weighted by atomic mass is 16.2. The first kappa shape index (κ1) is 9.52. The summed E-state index contributed by atoms with van der Waals surface area (Å²) in [7, 11) is 3.85. The fourth-order valence-corrected chi connectivity index (χ4v) is 1.94. The van der Waals surface area contributed by atoms with Crippen LogP contribution >= 0.6 is 0 Å². The third-order valence-corrected chi connectivity index (χ3v) is 2.75. The van der Waals surface area contributed by atoms with E-state index in [0.717, 1.165) is 19.4 Å². The van der Waals surface area contributed by atoms with E-state index < -0.39 is 0 Å². The number of nitrogens with zero attached hydrogens (tertiary/aromatic N) is 1. The van der Waals surface area contributed by atoms with Gasteiger partial charge in [0.05, 0.1) is 0 Å². The van der Waals surface area contributed by atoms with Crippen LogP contribution in [0.25, 0.3) is 0 Å². The van der Waals surface area contributed by atoms with Crippen molar-refractivity contribution < 1.29 is 4.79 Å². The van der Waals surface area contributed by atoms with Gasteiger partial charge in [-0.2, -0.15) is 0 Å². The number of hydrogen-bond donors (Lipinski definition) is 1. The Morgan fingerprint density at radius 2 is 2.42 bits per heavy atom. The second kappa shape index (κ2) is 3.90. The van der Waals surface area contributed by atoms with Crippen molar-refractivity contribution in [1.82, 2.24) is 10.2 Å². The summed E-state index contributed by atoms with van der Waals surface area (Å²) >= 11 is 0. The molecule has 0 saturated carbocycles. The Hall–Kier alpha value is -0.570. The van der Waals surface area contributed by atoms with Crippen molar-refractivity contribution in [1.29, 1.82) is 0 Å². The first-order chi connectivity index (χ1) is 5.69. The van der Waals surface area contributed by atoms with Crippen molar-refractivity contribution in [3.05, 3.63) is 0 Å². The molecule has 0 bridgehead atoms. The number of likely N-dealkylation sites (tertiary alicyclic amines) is 1. The van der Waals surface area contributed by atoms with Crippen LogP contribution in [0.5, 0.6) is 0 Å². The monoisotopic (exact) mass is 170 g/mol. The minimum atomic E-state index is 0.286. The van der Waals surface area contributed by atoms with Crippen LogP contribution in [0.15, 0.2) is 0 Å². The molecule has 1 rings (SSSR count). The minimum Gasteiger partial charge on any atom is -0.345 e. The van der Waals surface area contributed by atoms with Crippen LogP contribution in [-0.2, 0) is 4.79 Å². The van der Waals surface area contributed by atoms with E-state index in [1.54, 1.807) is 0 Å². The van der Waals surface area contributed by atoms with Gasteiger partial charge >= 0.3 is 0 Å². The van der Waals surface area contributed by atoms with Crippen LogP contribution in [0.3, 0.4) is 0 Å². The van der Waals surface area contributed by atoms with Gasteiger partial charge in [0.15, 0.2) is 0 Å². The lowest BCUT2D eigenvalue weighted by Gasteiger charge is -2.20. The molecule has 3 heteroatoms. The Bertz CT molecular complexity index is 166. The predicted molar refractivity (Wildman–Crippen MR) is 48.9 cm³/mol. The zero-order valence-corrected chi connectivity index (χ0v) is 8.13. The second-order valence-corrected chi connectivity index (χ2v) is 3.54. The topological polar surface area (TPSA) is 32.3 Å². The summed E-state index contributed by atoms with van der Waals surface area (Å²) in [6.07, 6.45) is 1.82. The van der Waals surface area contributed by atoms with Crippen LogP contribution in [0.4, 0.5) is 0 Å². The van der Waals surface area contributed by atoms with E-state index in [-0.39, 0.29) is 5.91 Å². The van der Waals surface area contributed by atoms with Crippen molar-refractivity contribution >= 4 is 5.91 Å². The first-order valence-corrected chi connectivity index (χ1v) is 4.60. The molecule has 1 amide bonds. The number of carbonyl (C=O) groups excluding carboxylic acids is 1. The van der Waals surface area contributed by atoms with E-state index in [1.165, 1.54) is 0 Å². The van der Waals surface area contributed by atoms with Gasteiger partial charge in [0.2, 0.25) is 5.91 Å². The maximum atomic E-state index is 11.2. The van der Waals surface area contributed by atoms with Crippen LogP contribution < -0.4 is 5.32 Å². The maximum Gasteiger partial charge on any atom is 0.222 e. The molecule has 1 fully saturated rings. The largest absolute Gasteiger partial charge is 0.345 e. The molecule has 70 valence electrons. The summed E-state index contributed by atoms with van der Waals surface area (Å²) in [6.45, 7) is 3.07. The smallest absolute Gasteiger partial charge is 0.222 e. The van der Waals surface area contributed by atoms with Gasteiger partial charge in [0, 0.05) is 32.0 Å². The fourth-order valence-electron chi connectivity index (χ4n) is 1.94. The summed E-state index contributed by atoms with van der Waals surface area (Å²) in [5.41, 5.74) is 0. The molecule has 3 nitrogen and oxygen atoms in total. The van der Waals surface area contributed by atoms with Crippen molar-refractivity contribution in [2.24, 2.45) is 5.92 Å². The second-order valence-electron chi connectivity index (χ2n) is 3.54. The van der Waals surface area contributed by atoms with E-state index in [2.05, 4.69) is 12.2 Å². The molecule has 0 radical (unpaired) electrons. The van der Waals surface area contributed by atoms with Crippen LogP contribution in [0.1, 0.15) is 19.8 Å². The Balaban J connectivity index is 2.49. The molecule has 1 aliphatic rings. The lowest BCUT2D eigenvalue weighted by atomic mass is 9.97. The number of rotatable bonds is 3. The Morgan fingerprint density at radius 3 is 2.75 bits per heavy atom. The van der Waals surface area contributed by atoms with E-state index in [0.29, 0.717) is 12.0 Å². The van der Waals surface area contributed by atoms with Gasteiger partial charge in [-0.25, -0.2) is 0 Å². The molecule has 1 heterocycles. The van der Waals surface area contributed by atoms with Gasteiger partial charge in [-0.05, 0) is 13.5 Å². The molecule has 0 spiro atoms. The fraction of sp³-hybridized carbons (Fsp3) is 0.889. The Labute approximate surface area is 74.1 Å². The minimum absolute atomic E-state index is 0.286. The molecular weight excluding hydrogens is 152 g/mol. The van der Waals surface area contributed by atoms with Crippen LogP contribution in [0, 0.1) is 5.92 Å². The predicted octanol–water partition coefficient (Wildman–Crippen LogP) is 0.463. The van der Waals surface area contributed by atoms with Gasteiger partial charge in [-0.15, -0.1) is 0 Å². The molecule has 0 aliphatic carbocycles. The lowest BCUT2D eigenvalue weighted by molar-refractivity contribution is -0.126. The average Bonchev–Trinajstić information content (AvgIpc) is 2.35. The highest BCUT2D eigenvalue weighted by Gasteiger charge is 2.31. The quantitative estimate of drug-likeness (QED) is 0.667. The lowest BCUT2D eigenvalue weighted by Crippen LogP contribution is -2.34. The molecule has 1 N–H and O–H groups in total. The molecule has 2 unspecified atom stereocenters. The summed E-state index contributed by atoms with van der Waals surface area (Å²) in [5.74, 6) is 0.797. The van der Waals surface area contributed by atoms with Gasteiger partial charge in [0.1, 0.15) is 0 Å². The highest BCUT2D eigenvalue weighted by Crippen LogP contribution is 2.20. The van der Waals surface area contributed by atoms with Crippen LogP contribution in [-0.4, -0.2) is 37.5 Å². The third-order valence-electron chi connectivity index (χ3n) is 2.75. The molecule has 0 aromatic rings. The van der Waals surface area contributed by atoms with E-state index in [1.807, 2.05) is 19.0 Å². The van der Waals surface area contributed by atoms with Crippen molar-refractivity contribution in [3.63, 3.8) is 0 Å². The summed E-state index contributed by atoms with van der Waals surface area (Å²) < 4.78 is 0. The normalized spacial score (nSPS) is 26.4. The van der Waals surface area contributed by atoms with Gasteiger partial charge in [-0.1, -0.05) is 6.92 Å². The molecular formula is C9H18N2O. The zero-order chi connectivity index (χ0) is 9.14. The van der Waals surface area contributed by atoms with Gasteiger partial charge in [0.25, 0.3) is 0 Å². The van der Waals surface area contributed by atoms with Gasteiger partial charge in [-0.3, -0.25) is 4.79 Å². The summed E-state index contributed by atoms with van der Waals surface area (Å²) in [5, 5.41) is 3.26. The molecule has 1 saturated heterocycles. The molecule has 0 aromatic carbocycles. The number of nitrogens with one attached hydrogen (secondary N) is 1. The third kappa shape index (κ3) is 1.78. The van der Waals surface area contributed by atoms with Gasteiger partial charge < -0.3 is 10.2 Å². The van der Waals surface area contributed by atoms with Crippen LogP contribution in [0.2, 0.25) is 0 Å². The number of carbonyl (C=O) groups is 1. The summed E-state index contributed by atoms with van der Waals surface area (Å²) in [6, 6.07) is 0.499. The molecule has 2 atom stereocenters. The number of amides is 1. The first-order valence-electron chi connectivity index (χ1n) is 4.60. The van der Waals surface area contributed by atoms with Crippen molar-refractivity contribution in [3.8, 4) is 0 Å². The van der Waals surface area contributed by atoms with E-state index in [4.69, 9.17) is 0 Å². The zero-order valence-electron chi connectivity index (χ0n) is 8.13. The standard InChI is InChI=1S/C9H18N2O/c1-4-8(10-2)7-5-9(12)11(3)6-7/h7-8,10H,4-6H2,1-3H3. The summed E-state index contributed by atoms with van der Waals surface area (Å²) in [4.78, 5) is 13.0. The average molecular weight is 170 g/mol. The number of hydrogen-bond acceptors (Lipinski definition) is 2. The maximum absolute atomic E-state index is 11.2. The SMILES string of the molecule is CCC(NC)C1CC(=O)N(C)C1. The highest BCUT2D eigenvalue weighted by molar-refractivity contribution is 5.78. The van der Waals surface area contributed by atoms with Crippen molar-refractivity contribution in [2.45, 2.75) is 25.8 Å².